The summed E-state index contributed by atoms with van der Waals surface area (Å²) < 4.78 is 26.4. The molecule has 7 heteroatoms. The Morgan fingerprint density at radius 3 is 3.04 bits per heavy atom. The molecule has 0 aliphatic carbocycles. The van der Waals surface area contributed by atoms with Crippen LogP contribution in [0.3, 0.4) is 0 Å². The van der Waals surface area contributed by atoms with Crippen molar-refractivity contribution in [1.29, 1.82) is 0 Å². The second-order valence-electron chi connectivity index (χ2n) is 6.61. The summed E-state index contributed by atoms with van der Waals surface area (Å²) in [6.07, 6.45) is 5.70. The number of nitrogens with zero attached hydrogens (tertiary/aromatic N) is 4. The molecule has 0 spiro atoms. The van der Waals surface area contributed by atoms with Gasteiger partial charge in [-0.05, 0) is 43.5 Å². The molecule has 1 aliphatic heterocycles. The average molecular weight is 345 g/mol. The van der Waals surface area contributed by atoms with Crippen molar-refractivity contribution in [1.82, 2.24) is 24.6 Å². The Kier molecular flexibility index (Phi) is 4.48. The molecule has 1 fully saturated rings. The van der Waals surface area contributed by atoms with Crippen LogP contribution in [0.2, 0.25) is 0 Å². The highest BCUT2D eigenvalue weighted by atomic mass is 19.3. The number of para-hydroxylation sites is 1. The van der Waals surface area contributed by atoms with Gasteiger partial charge in [-0.25, -0.2) is 0 Å². The molecule has 5 nitrogen and oxygen atoms in total. The summed E-state index contributed by atoms with van der Waals surface area (Å²) in [6, 6.07) is 8.39. The molecule has 0 radical (unpaired) electrons. The summed E-state index contributed by atoms with van der Waals surface area (Å²) in [5.74, 6) is 0.892. The van der Waals surface area contributed by atoms with Gasteiger partial charge in [-0.1, -0.05) is 18.2 Å². The van der Waals surface area contributed by atoms with Crippen molar-refractivity contribution in [3.05, 3.63) is 48.2 Å². The number of aromatic nitrogens is 4. The quantitative estimate of drug-likeness (QED) is 0.743. The molecule has 1 unspecified atom stereocenters. The van der Waals surface area contributed by atoms with Gasteiger partial charge in [0.05, 0.1) is 0 Å². The third-order valence-electron chi connectivity index (χ3n) is 5.07. The standard InChI is InChI=1S/C18H21F2N5/c19-18(20)25-12-22-23-17(25)6-3-8-24-9-7-13(11-24)15-10-21-16-5-2-1-4-14(15)16/h1-2,4-5,10,12-13,18,21H,3,6-9,11H2. The highest BCUT2D eigenvalue weighted by Gasteiger charge is 2.25. The van der Waals surface area contributed by atoms with E-state index < -0.39 is 6.55 Å². The minimum atomic E-state index is -2.57. The van der Waals surface area contributed by atoms with Crippen LogP contribution in [0.4, 0.5) is 8.78 Å². The summed E-state index contributed by atoms with van der Waals surface area (Å²) >= 11 is 0. The van der Waals surface area contributed by atoms with E-state index in [-0.39, 0.29) is 0 Å². The lowest BCUT2D eigenvalue weighted by Gasteiger charge is -2.15. The Hall–Kier alpha value is -2.28. The van der Waals surface area contributed by atoms with E-state index in [2.05, 4.69) is 44.5 Å². The van der Waals surface area contributed by atoms with E-state index >= 15 is 0 Å². The largest absolute Gasteiger partial charge is 0.361 e. The number of rotatable bonds is 6. The van der Waals surface area contributed by atoms with Crippen molar-refractivity contribution in [3.63, 3.8) is 0 Å². The fourth-order valence-electron chi connectivity index (χ4n) is 3.79. The lowest BCUT2D eigenvalue weighted by atomic mass is 9.98. The zero-order chi connectivity index (χ0) is 17.2. The molecule has 0 amide bonds. The Bertz CT molecular complexity index is 841. The van der Waals surface area contributed by atoms with Gasteiger partial charge in [0.2, 0.25) is 0 Å². The van der Waals surface area contributed by atoms with Crippen molar-refractivity contribution in [2.75, 3.05) is 19.6 Å². The van der Waals surface area contributed by atoms with Crippen molar-refractivity contribution >= 4 is 10.9 Å². The third kappa shape index (κ3) is 3.28. The molecule has 0 bridgehead atoms. The molecule has 1 aromatic carbocycles. The first-order valence-electron chi connectivity index (χ1n) is 8.67. The fourth-order valence-corrected chi connectivity index (χ4v) is 3.79. The zero-order valence-electron chi connectivity index (χ0n) is 13.9. The van der Waals surface area contributed by atoms with Gasteiger partial charge in [0.25, 0.3) is 0 Å². The number of halogens is 2. The van der Waals surface area contributed by atoms with E-state index in [1.54, 1.807) is 0 Å². The van der Waals surface area contributed by atoms with E-state index in [4.69, 9.17) is 0 Å². The number of H-pyrrole nitrogens is 1. The highest BCUT2D eigenvalue weighted by molar-refractivity contribution is 5.83. The number of aromatic amines is 1. The SMILES string of the molecule is FC(F)n1cnnc1CCCN1CCC(c2c[nH]c3ccccc23)C1. The predicted octanol–water partition coefficient (Wildman–Crippen LogP) is 3.58. The van der Waals surface area contributed by atoms with Gasteiger partial charge in [-0.15, -0.1) is 10.2 Å². The van der Waals surface area contributed by atoms with E-state index in [0.717, 1.165) is 43.4 Å². The van der Waals surface area contributed by atoms with Crippen LogP contribution in [0.1, 0.15) is 36.7 Å². The monoisotopic (exact) mass is 345 g/mol. The summed E-state index contributed by atoms with van der Waals surface area (Å²) in [5.41, 5.74) is 2.57. The molecule has 3 heterocycles. The molecule has 0 saturated carbocycles. The number of likely N-dealkylation sites (tertiary alicyclic amines) is 1. The second kappa shape index (κ2) is 6.92. The molecule has 4 rings (SSSR count). The van der Waals surface area contributed by atoms with Crippen molar-refractivity contribution in [2.45, 2.75) is 31.7 Å². The topological polar surface area (TPSA) is 49.7 Å². The van der Waals surface area contributed by atoms with E-state index in [0.29, 0.717) is 18.2 Å². The average Bonchev–Trinajstić information content (AvgIpc) is 3.33. The first-order valence-corrected chi connectivity index (χ1v) is 8.67. The third-order valence-corrected chi connectivity index (χ3v) is 5.07. The van der Waals surface area contributed by atoms with Crippen LogP contribution in [0.15, 0.2) is 36.8 Å². The van der Waals surface area contributed by atoms with Gasteiger partial charge < -0.3 is 9.88 Å². The number of fused-ring (bicyclic) bond motifs is 1. The minimum absolute atomic E-state index is 0.363. The maximum atomic E-state index is 12.8. The number of hydrogen-bond acceptors (Lipinski definition) is 3. The predicted molar refractivity (Wildman–Crippen MR) is 91.7 cm³/mol. The van der Waals surface area contributed by atoms with Crippen molar-refractivity contribution in [3.8, 4) is 0 Å². The Morgan fingerprint density at radius 2 is 2.16 bits per heavy atom. The second-order valence-corrected chi connectivity index (χ2v) is 6.61. The number of alkyl halides is 2. The highest BCUT2D eigenvalue weighted by Crippen LogP contribution is 2.32. The summed E-state index contributed by atoms with van der Waals surface area (Å²) in [6.45, 7) is 0.396. The molecule has 3 aromatic rings. The first kappa shape index (κ1) is 16.2. The molecular weight excluding hydrogens is 324 g/mol. The van der Waals surface area contributed by atoms with Gasteiger partial charge >= 0.3 is 6.55 Å². The molecule has 132 valence electrons. The molecule has 1 saturated heterocycles. The lowest BCUT2D eigenvalue weighted by Crippen LogP contribution is -2.22. The van der Waals surface area contributed by atoms with Gasteiger partial charge in [0.15, 0.2) is 0 Å². The van der Waals surface area contributed by atoms with Crippen LogP contribution in [0, 0.1) is 0 Å². The van der Waals surface area contributed by atoms with Gasteiger partial charge in [0.1, 0.15) is 12.2 Å². The zero-order valence-corrected chi connectivity index (χ0v) is 13.9. The van der Waals surface area contributed by atoms with Crippen LogP contribution in [0.25, 0.3) is 10.9 Å². The van der Waals surface area contributed by atoms with E-state index in [1.807, 2.05) is 6.07 Å². The maximum absolute atomic E-state index is 12.8. The molecule has 1 aliphatic rings. The number of nitrogens with one attached hydrogen (secondary N) is 1. The van der Waals surface area contributed by atoms with Gasteiger partial charge in [0, 0.05) is 30.1 Å². The Balaban J connectivity index is 1.33. The van der Waals surface area contributed by atoms with Gasteiger partial charge in [-0.3, -0.25) is 4.57 Å². The molecule has 2 aromatic heterocycles. The van der Waals surface area contributed by atoms with E-state index in [1.165, 1.54) is 16.5 Å². The minimum Gasteiger partial charge on any atom is -0.361 e. The number of benzene rings is 1. The van der Waals surface area contributed by atoms with E-state index in [9.17, 15) is 8.78 Å². The van der Waals surface area contributed by atoms with Crippen LogP contribution in [-0.4, -0.2) is 44.3 Å². The van der Waals surface area contributed by atoms with Gasteiger partial charge in [-0.2, -0.15) is 8.78 Å². The maximum Gasteiger partial charge on any atom is 0.321 e. The molecule has 1 N–H and O–H groups in total. The van der Waals surface area contributed by atoms with Crippen LogP contribution >= 0.6 is 0 Å². The lowest BCUT2D eigenvalue weighted by molar-refractivity contribution is 0.0665. The Morgan fingerprint density at radius 1 is 1.28 bits per heavy atom. The molecule has 25 heavy (non-hydrogen) atoms. The van der Waals surface area contributed by atoms with Crippen LogP contribution < -0.4 is 0 Å². The fraction of sp³-hybridized carbons (Fsp3) is 0.444. The normalized spacial score (nSPS) is 18.6. The summed E-state index contributed by atoms with van der Waals surface area (Å²) in [7, 11) is 0. The Labute approximate surface area is 144 Å². The molecule has 1 atom stereocenters. The first-order chi connectivity index (χ1) is 12.2. The summed E-state index contributed by atoms with van der Waals surface area (Å²) in [4.78, 5) is 5.76. The smallest absolute Gasteiger partial charge is 0.321 e. The summed E-state index contributed by atoms with van der Waals surface area (Å²) in [5, 5.41) is 8.69. The molecular formula is C18H21F2N5. The van der Waals surface area contributed by atoms with Crippen LogP contribution in [0.5, 0.6) is 0 Å². The van der Waals surface area contributed by atoms with Crippen LogP contribution in [-0.2, 0) is 6.42 Å². The number of aryl methyl sites for hydroxylation is 1. The van der Waals surface area contributed by atoms with Crippen molar-refractivity contribution < 1.29 is 8.78 Å². The number of hydrogen-bond donors (Lipinski definition) is 1. The van der Waals surface area contributed by atoms with Crippen molar-refractivity contribution in [2.24, 2.45) is 0 Å².